The molecule has 1 unspecified atom stereocenters. The third kappa shape index (κ3) is 4.49. The number of alkyl halides is 3. The average molecular weight is 390 g/mol. The lowest BCUT2D eigenvalue weighted by Crippen LogP contribution is -2.31. The van der Waals surface area contributed by atoms with Gasteiger partial charge in [-0.25, -0.2) is 0 Å². The lowest BCUT2D eigenvalue weighted by molar-refractivity contribution is -0.137. The van der Waals surface area contributed by atoms with E-state index in [0.717, 1.165) is 11.6 Å². The zero-order valence-corrected chi connectivity index (χ0v) is 14.8. The van der Waals surface area contributed by atoms with Gasteiger partial charge in [0.25, 0.3) is 5.91 Å². The van der Waals surface area contributed by atoms with Gasteiger partial charge in [-0.3, -0.25) is 4.79 Å². The molecule has 6 heteroatoms. The molecule has 1 N–H and O–H groups in total. The van der Waals surface area contributed by atoms with E-state index >= 15 is 0 Å². The van der Waals surface area contributed by atoms with Gasteiger partial charge in [0.15, 0.2) is 0 Å². The van der Waals surface area contributed by atoms with E-state index in [-0.39, 0.29) is 0 Å². The maximum Gasteiger partial charge on any atom is 0.417 e. The number of rotatable bonds is 4. The molecule has 0 heterocycles. The van der Waals surface area contributed by atoms with E-state index in [1.165, 1.54) is 18.2 Å². The van der Waals surface area contributed by atoms with Gasteiger partial charge in [-0.05, 0) is 35.4 Å². The van der Waals surface area contributed by atoms with Crippen molar-refractivity contribution in [2.45, 2.75) is 12.2 Å². The van der Waals surface area contributed by atoms with Crippen LogP contribution in [0.5, 0.6) is 0 Å². The molecule has 3 aromatic rings. The molecule has 0 spiro atoms. The summed E-state index contributed by atoms with van der Waals surface area (Å²) in [4.78, 5) is 12.7. The first-order valence-corrected chi connectivity index (χ1v) is 8.51. The average Bonchev–Trinajstić information content (AvgIpc) is 2.67. The van der Waals surface area contributed by atoms with Crippen LogP contribution in [0.4, 0.5) is 13.2 Å². The normalized spacial score (nSPS) is 12.4. The van der Waals surface area contributed by atoms with Gasteiger partial charge in [-0.1, -0.05) is 66.2 Å². The lowest BCUT2D eigenvalue weighted by Gasteiger charge is -2.21. The van der Waals surface area contributed by atoms with Gasteiger partial charge in [0.05, 0.1) is 17.2 Å². The van der Waals surface area contributed by atoms with Crippen LogP contribution in [-0.4, -0.2) is 5.91 Å². The molecule has 0 aromatic heterocycles. The Balaban J connectivity index is 1.98. The molecule has 1 amide bonds. The summed E-state index contributed by atoms with van der Waals surface area (Å²) in [6.07, 6.45) is -4.61. The second-order valence-corrected chi connectivity index (χ2v) is 6.35. The van der Waals surface area contributed by atoms with Crippen molar-refractivity contribution < 1.29 is 18.0 Å². The van der Waals surface area contributed by atoms with Crippen molar-refractivity contribution in [3.8, 4) is 0 Å². The van der Waals surface area contributed by atoms with E-state index in [1.807, 2.05) is 6.07 Å². The molecule has 0 aliphatic heterocycles. The molecule has 138 valence electrons. The third-order valence-corrected chi connectivity index (χ3v) is 4.34. The minimum atomic E-state index is -4.61. The van der Waals surface area contributed by atoms with Gasteiger partial charge in [0.2, 0.25) is 0 Å². The van der Waals surface area contributed by atoms with Crippen LogP contribution < -0.4 is 5.32 Å². The standard InChI is InChI=1S/C21H15ClF3NO/c22-16-12-10-15(11-13-16)19(14-6-2-1-3-7-14)26-20(27)17-8-4-5-9-18(17)21(23,24)25/h1-13,19H,(H,26,27). The lowest BCUT2D eigenvalue weighted by atomic mass is 9.97. The molecule has 3 aromatic carbocycles. The monoisotopic (exact) mass is 389 g/mol. The van der Waals surface area contributed by atoms with Crippen molar-refractivity contribution in [3.05, 3.63) is 106 Å². The van der Waals surface area contributed by atoms with Crippen molar-refractivity contribution in [3.63, 3.8) is 0 Å². The fourth-order valence-corrected chi connectivity index (χ4v) is 2.92. The maximum absolute atomic E-state index is 13.2. The van der Waals surface area contributed by atoms with Crippen molar-refractivity contribution in [1.29, 1.82) is 0 Å². The van der Waals surface area contributed by atoms with E-state index in [4.69, 9.17) is 11.6 Å². The second-order valence-electron chi connectivity index (χ2n) is 5.91. The van der Waals surface area contributed by atoms with E-state index in [2.05, 4.69) is 5.32 Å². The van der Waals surface area contributed by atoms with E-state index < -0.39 is 29.3 Å². The Morgan fingerprint density at radius 3 is 2.00 bits per heavy atom. The first-order valence-electron chi connectivity index (χ1n) is 8.14. The third-order valence-electron chi connectivity index (χ3n) is 4.09. The molecule has 0 radical (unpaired) electrons. The molecule has 27 heavy (non-hydrogen) atoms. The molecule has 0 aliphatic rings. The zero-order chi connectivity index (χ0) is 19.4. The van der Waals surface area contributed by atoms with Crippen molar-refractivity contribution in [2.24, 2.45) is 0 Å². The molecule has 0 bridgehead atoms. The number of carbonyl (C=O) groups is 1. The van der Waals surface area contributed by atoms with Crippen LogP contribution in [0.25, 0.3) is 0 Å². The molecule has 0 saturated heterocycles. The summed E-state index contributed by atoms with van der Waals surface area (Å²) < 4.78 is 39.7. The number of nitrogens with one attached hydrogen (secondary N) is 1. The fourth-order valence-electron chi connectivity index (χ4n) is 2.80. The predicted octanol–water partition coefficient (Wildman–Crippen LogP) is 5.88. The largest absolute Gasteiger partial charge is 0.417 e. The molecule has 0 saturated carbocycles. The molecule has 1 atom stereocenters. The summed E-state index contributed by atoms with van der Waals surface area (Å²) in [7, 11) is 0. The predicted molar refractivity (Wildman–Crippen MR) is 98.6 cm³/mol. The summed E-state index contributed by atoms with van der Waals surface area (Å²) >= 11 is 5.92. The van der Waals surface area contributed by atoms with Crippen LogP contribution in [0.2, 0.25) is 5.02 Å². The molecule has 0 fully saturated rings. The molecular formula is C21H15ClF3NO. The number of carbonyl (C=O) groups excluding carboxylic acids is 1. The Morgan fingerprint density at radius 2 is 1.37 bits per heavy atom. The minimum absolute atomic E-state index is 0.417. The molecule has 3 rings (SSSR count). The molecule has 0 aliphatic carbocycles. The number of amides is 1. The van der Waals surface area contributed by atoms with Crippen LogP contribution in [-0.2, 0) is 6.18 Å². The van der Waals surface area contributed by atoms with Crippen LogP contribution in [0.1, 0.15) is 33.1 Å². The number of benzene rings is 3. The van der Waals surface area contributed by atoms with Gasteiger partial charge in [-0.2, -0.15) is 13.2 Å². The summed E-state index contributed by atoms with van der Waals surface area (Å²) in [6, 6.07) is 19.9. The van der Waals surface area contributed by atoms with E-state index in [0.29, 0.717) is 10.6 Å². The van der Waals surface area contributed by atoms with Crippen molar-refractivity contribution in [2.75, 3.05) is 0 Å². The topological polar surface area (TPSA) is 29.1 Å². The highest BCUT2D eigenvalue weighted by molar-refractivity contribution is 6.30. The van der Waals surface area contributed by atoms with Crippen LogP contribution in [0.15, 0.2) is 78.9 Å². The van der Waals surface area contributed by atoms with Crippen LogP contribution >= 0.6 is 11.6 Å². The fraction of sp³-hybridized carbons (Fsp3) is 0.0952. The second kappa shape index (κ2) is 7.84. The van der Waals surface area contributed by atoms with Gasteiger partial charge < -0.3 is 5.32 Å². The first kappa shape index (κ1) is 19.0. The van der Waals surface area contributed by atoms with Gasteiger partial charge in [0.1, 0.15) is 0 Å². The van der Waals surface area contributed by atoms with Gasteiger partial charge in [0, 0.05) is 5.02 Å². The number of hydrogen-bond donors (Lipinski definition) is 1. The quantitative estimate of drug-likeness (QED) is 0.593. The zero-order valence-electron chi connectivity index (χ0n) is 14.0. The minimum Gasteiger partial charge on any atom is -0.341 e. The SMILES string of the molecule is O=C(NC(c1ccccc1)c1ccc(Cl)cc1)c1ccccc1C(F)(F)F. The highest BCUT2D eigenvalue weighted by Gasteiger charge is 2.35. The summed E-state index contributed by atoms with van der Waals surface area (Å²) in [5, 5.41) is 3.24. The highest BCUT2D eigenvalue weighted by Crippen LogP contribution is 2.32. The summed E-state index contributed by atoms with van der Waals surface area (Å²) in [6.45, 7) is 0. The summed E-state index contributed by atoms with van der Waals surface area (Å²) in [5.41, 5.74) is 0.0754. The summed E-state index contributed by atoms with van der Waals surface area (Å²) in [5.74, 6) is -0.799. The van der Waals surface area contributed by atoms with E-state index in [9.17, 15) is 18.0 Å². The highest BCUT2D eigenvalue weighted by atomic mass is 35.5. The van der Waals surface area contributed by atoms with Crippen LogP contribution in [0, 0.1) is 0 Å². The number of hydrogen-bond acceptors (Lipinski definition) is 1. The Bertz CT molecular complexity index is 924. The van der Waals surface area contributed by atoms with Crippen molar-refractivity contribution in [1.82, 2.24) is 5.32 Å². The maximum atomic E-state index is 13.2. The van der Waals surface area contributed by atoms with Crippen molar-refractivity contribution >= 4 is 17.5 Å². The van der Waals surface area contributed by atoms with Gasteiger partial charge >= 0.3 is 6.18 Å². The Kier molecular flexibility index (Phi) is 5.51. The Morgan fingerprint density at radius 1 is 0.815 bits per heavy atom. The van der Waals surface area contributed by atoms with E-state index in [1.54, 1.807) is 48.5 Å². The Labute approximate surface area is 159 Å². The number of halogens is 4. The smallest absolute Gasteiger partial charge is 0.341 e. The Hall–Kier alpha value is -2.79. The molecular weight excluding hydrogens is 375 g/mol. The first-order chi connectivity index (χ1) is 12.9. The molecule has 2 nitrogen and oxygen atoms in total. The van der Waals surface area contributed by atoms with Crippen LogP contribution in [0.3, 0.4) is 0 Å². The van der Waals surface area contributed by atoms with Gasteiger partial charge in [-0.15, -0.1) is 0 Å².